The fourth-order valence-corrected chi connectivity index (χ4v) is 2.65. The van der Waals surface area contributed by atoms with Crippen molar-refractivity contribution < 1.29 is 9.47 Å². The van der Waals surface area contributed by atoms with E-state index in [0.29, 0.717) is 24.2 Å². The van der Waals surface area contributed by atoms with Crippen LogP contribution in [0.25, 0.3) is 0 Å². The lowest BCUT2D eigenvalue weighted by molar-refractivity contribution is -0.0601. The molecule has 0 fully saturated rings. The molecule has 0 aliphatic carbocycles. The Morgan fingerprint density at radius 2 is 1.73 bits per heavy atom. The first-order valence-electron chi connectivity index (χ1n) is 8.01. The molecule has 0 aliphatic rings. The molecule has 126 valence electrons. The van der Waals surface area contributed by atoms with Gasteiger partial charge in [-0.1, -0.05) is 26.0 Å². The molecule has 1 rings (SSSR count). The molecule has 1 aromatic carbocycles. The van der Waals surface area contributed by atoms with E-state index in [9.17, 15) is 0 Å². The molecule has 4 heteroatoms. The zero-order chi connectivity index (χ0) is 16.8. The molecule has 0 radical (unpaired) electrons. The van der Waals surface area contributed by atoms with Gasteiger partial charge in [0.1, 0.15) is 5.75 Å². The molecule has 0 saturated carbocycles. The highest BCUT2D eigenvalue weighted by Crippen LogP contribution is 2.32. The highest BCUT2D eigenvalue weighted by atomic mass is 32.1. The van der Waals surface area contributed by atoms with Crippen LogP contribution in [0.1, 0.15) is 52.5 Å². The maximum Gasteiger partial charge on any atom is 0.197 e. The van der Waals surface area contributed by atoms with Crippen LogP contribution in [0.5, 0.6) is 5.75 Å². The lowest BCUT2D eigenvalue weighted by Crippen LogP contribution is -2.35. The lowest BCUT2D eigenvalue weighted by Gasteiger charge is -2.29. The molecule has 0 heterocycles. The van der Waals surface area contributed by atoms with Crippen molar-refractivity contribution in [2.75, 3.05) is 12.4 Å². The first kappa shape index (κ1) is 19.3. The second-order valence-corrected chi connectivity index (χ2v) is 7.34. The van der Waals surface area contributed by atoms with Gasteiger partial charge in [0, 0.05) is 11.3 Å². The Labute approximate surface area is 141 Å². The van der Waals surface area contributed by atoms with Gasteiger partial charge in [0.05, 0.1) is 6.61 Å². The van der Waals surface area contributed by atoms with E-state index < -0.39 is 0 Å². The van der Waals surface area contributed by atoms with Gasteiger partial charge < -0.3 is 15.2 Å². The molecular formula is C18H31NO2S. The largest absolute Gasteiger partial charge is 0.465 e. The zero-order valence-electron chi connectivity index (χ0n) is 14.5. The number of hydrogen-bond donors (Lipinski definition) is 2. The molecule has 2 unspecified atom stereocenters. The fourth-order valence-electron chi connectivity index (χ4n) is 2.54. The maximum atomic E-state index is 6.21. The highest BCUT2D eigenvalue weighted by Gasteiger charge is 2.23. The summed E-state index contributed by atoms with van der Waals surface area (Å²) in [6.07, 6.45) is 0.702. The molecule has 0 bridgehead atoms. The van der Waals surface area contributed by atoms with Crippen molar-refractivity contribution in [2.45, 2.75) is 58.8 Å². The van der Waals surface area contributed by atoms with Crippen LogP contribution >= 0.6 is 12.6 Å². The Morgan fingerprint density at radius 3 is 2.18 bits per heavy atom. The van der Waals surface area contributed by atoms with Gasteiger partial charge in [0.2, 0.25) is 0 Å². The number of benzene rings is 1. The van der Waals surface area contributed by atoms with Crippen molar-refractivity contribution in [3.05, 3.63) is 29.8 Å². The molecule has 0 amide bonds. The molecule has 3 nitrogen and oxygen atoms in total. The third-order valence-corrected chi connectivity index (χ3v) is 3.79. The number of thiol groups is 1. The predicted octanol–water partition coefficient (Wildman–Crippen LogP) is 4.22. The van der Waals surface area contributed by atoms with Gasteiger partial charge in [0.25, 0.3) is 0 Å². The smallest absolute Gasteiger partial charge is 0.197 e. The van der Waals surface area contributed by atoms with E-state index >= 15 is 0 Å². The van der Waals surface area contributed by atoms with E-state index in [1.807, 2.05) is 19.1 Å². The maximum absolute atomic E-state index is 6.21. The molecule has 0 spiro atoms. The van der Waals surface area contributed by atoms with Crippen molar-refractivity contribution in [3.63, 3.8) is 0 Å². The number of nitrogens with two attached hydrogens (primary N) is 1. The summed E-state index contributed by atoms with van der Waals surface area (Å²) < 4.78 is 11.2. The minimum absolute atomic E-state index is 0.167. The van der Waals surface area contributed by atoms with E-state index in [1.165, 1.54) is 5.56 Å². The highest BCUT2D eigenvalue weighted by molar-refractivity contribution is 7.80. The van der Waals surface area contributed by atoms with Crippen LogP contribution in [0.3, 0.4) is 0 Å². The van der Waals surface area contributed by atoms with Crippen LogP contribution < -0.4 is 10.5 Å². The first-order chi connectivity index (χ1) is 10.2. The Kier molecular flexibility index (Phi) is 7.74. The topological polar surface area (TPSA) is 44.5 Å². The fraction of sp³-hybridized carbons (Fsp3) is 0.667. The Bertz CT molecular complexity index is 426. The summed E-state index contributed by atoms with van der Waals surface area (Å²) in [6.45, 7) is 11.1. The van der Waals surface area contributed by atoms with Crippen LogP contribution in [0.2, 0.25) is 0 Å². The monoisotopic (exact) mass is 325 g/mol. The summed E-state index contributed by atoms with van der Waals surface area (Å²) in [7, 11) is 0. The van der Waals surface area contributed by atoms with Crippen molar-refractivity contribution in [1.29, 1.82) is 0 Å². The normalized spacial score (nSPS) is 14.9. The van der Waals surface area contributed by atoms with Crippen LogP contribution in [0, 0.1) is 5.92 Å². The summed E-state index contributed by atoms with van der Waals surface area (Å²) in [6, 6.07) is 8.29. The average Bonchev–Trinajstić information content (AvgIpc) is 2.42. The van der Waals surface area contributed by atoms with Gasteiger partial charge in [-0.2, -0.15) is 12.6 Å². The molecule has 22 heavy (non-hydrogen) atoms. The van der Waals surface area contributed by atoms with Gasteiger partial charge >= 0.3 is 0 Å². The molecule has 2 N–H and O–H groups in total. The van der Waals surface area contributed by atoms with Gasteiger partial charge in [-0.3, -0.25) is 0 Å². The minimum atomic E-state index is -0.262. The number of hydrogen-bond acceptors (Lipinski definition) is 4. The summed E-state index contributed by atoms with van der Waals surface area (Å²) in [4.78, 5) is 0. The summed E-state index contributed by atoms with van der Waals surface area (Å²) in [5, 5.41) is 0. The van der Waals surface area contributed by atoms with Crippen LogP contribution in [-0.2, 0) is 4.74 Å². The lowest BCUT2D eigenvalue weighted by atomic mass is 9.80. The Hall–Kier alpha value is -0.710. The number of ether oxygens (including phenoxy) is 2. The zero-order valence-corrected chi connectivity index (χ0v) is 15.4. The third-order valence-electron chi connectivity index (χ3n) is 3.60. The molecule has 0 saturated heterocycles. The van der Waals surface area contributed by atoms with Crippen LogP contribution in [0.15, 0.2) is 24.3 Å². The van der Waals surface area contributed by atoms with Gasteiger partial charge in [-0.05, 0) is 56.7 Å². The quantitative estimate of drug-likeness (QED) is 0.527. The molecule has 0 aromatic heterocycles. The molecule has 1 aromatic rings. The summed E-state index contributed by atoms with van der Waals surface area (Å²) >= 11 is 4.12. The summed E-state index contributed by atoms with van der Waals surface area (Å²) in [5.41, 5.74) is 7.35. The van der Waals surface area contributed by atoms with Crippen molar-refractivity contribution in [1.82, 2.24) is 0 Å². The van der Waals surface area contributed by atoms with E-state index in [1.54, 1.807) is 0 Å². The third kappa shape index (κ3) is 7.03. The standard InChI is InChI=1S/C18H31NO2S/c1-13(2)17(12-18(4,5)19)15-6-8-16(9-7-15)21-14(3)20-10-11-22/h6-9,13-14,17,22H,10-12,19H2,1-5H3. The van der Waals surface area contributed by atoms with Gasteiger partial charge in [0.15, 0.2) is 6.29 Å². The Balaban J connectivity index is 2.73. The second-order valence-electron chi connectivity index (χ2n) is 6.89. The van der Waals surface area contributed by atoms with Crippen LogP contribution in [0.4, 0.5) is 0 Å². The molecular weight excluding hydrogens is 294 g/mol. The van der Waals surface area contributed by atoms with E-state index in [4.69, 9.17) is 15.2 Å². The molecule has 2 atom stereocenters. The SMILES string of the molecule is CC(OCCS)Oc1ccc(C(CC(C)(C)N)C(C)C)cc1. The second kappa shape index (κ2) is 8.80. The predicted molar refractivity (Wildman–Crippen MR) is 96.8 cm³/mol. The van der Waals surface area contributed by atoms with Crippen molar-refractivity contribution in [3.8, 4) is 5.75 Å². The van der Waals surface area contributed by atoms with E-state index in [-0.39, 0.29) is 11.8 Å². The van der Waals surface area contributed by atoms with Gasteiger partial charge in [-0.15, -0.1) is 0 Å². The average molecular weight is 326 g/mol. The van der Waals surface area contributed by atoms with Crippen molar-refractivity contribution in [2.24, 2.45) is 11.7 Å². The van der Waals surface area contributed by atoms with Crippen LogP contribution in [-0.4, -0.2) is 24.2 Å². The van der Waals surface area contributed by atoms with E-state index in [2.05, 4.69) is 52.5 Å². The Morgan fingerprint density at radius 1 is 1.14 bits per heavy atom. The van der Waals surface area contributed by atoms with E-state index in [0.717, 1.165) is 12.2 Å². The van der Waals surface area contributed by atoms with Gasteiger partial charge in [-0.25, -0.2) is 0 Å². The molecule has 0 aliphatic heterocycles. The minimum Gasteiger partial charge on any atom is -0.465 e. The summed E-state index contributed by atoms with van der Waals surface area (Å²) in [5.74, 6) is 2.52. The first-order valence-corrected chi connectivity index (χ1v) is 8.64. The van der Waals surface area contributed by atoms with Crippen molar-refractivity contribution >= 4 is 12.6 Å². The number of rotatable bonds is 9.